The van der Waals surface area contributed by atoms with Gasteiger partial charge in [0.1, 0.15) is 5.01 Å². The van der Waals surface area contributed by atoms with Gasteiger partial charge in [-0.25, -0.2) is 0 Å². The van der Waals surface area contributed by atoms with Crippen molar-refractivity contribution in [1.29, 1.82) is 0 Å². The Morgan fingerprint density at radius 1 is 0.900 bits per heavy atom. The molecule has 0 aliphatic heterocycles. The van der Waals surface area contributed by atoms with E-state index >= 15 is 0 Å². The third-order valence-electron chi connectivity index (χ3n) is 3.42. The molecule has 0 radical (unpaired) electrons. The van der Waals surface area contributed by atoms with Crippen molar-refractivity contribution in [3.8, 4) is 0 Å². The average molecular weight is 300 g/mol. The second kappa shape index (κ2) is 4.58. The van der Waals surface area contributed by atoms with Crippen molar-refractivity contribution >= 4 is 44.7 Å². The molecule has 2 heterocycles. The highest BCUT2D eigenvalue weighted by atomic mass is 35.5. The van der Waals surface area contributed by atoms with Crippen molar-refractivity contribution in [2.45, 2.75) is 6.54 Å². The number of hydrogen-bond acceptors (Lipinski definition) is 3. The molecule has 0 N–H and O–H groups in total. The molecule has 0 saturated heterocycles. The van der Waals surface area contributed by atoms with E-state index in [0.29, 0.717) is 11.0 Å². The molecule has 5 heteroatoms. The van der Waals surface area contributed by atoms with Crippen LogP contribution in [0.15, 0.2) is 48.5 Å². The minimum absolute atomic E-state index is 0.487. The first kappa shape index (κ1) is 11.9. The Kier molecular flexibility index (Phi) is 2.72. The van der Waals surface area contributed by atoms with Crippen LogP contribution in [0.1, 0.15) is 5.01 Å². The molecule has 0 aliphatic rings. The van der Waals surface area contributed by atoms with Gasteiger partial charge in [-0.05, 0) is 23.7 Å². The third kappa shape index (κ3) is 1.80. The summed E-state index contributed by atoms with van der Waals surface area (Å²) in [6.07, 6.45) is 0. The molecular formula is C15H10ClN3S. The molecule has 3 nitrogen and oxygen atoms in total. The summed E-state index contributed by atoms with van der Waals surface area (Å²) < 4.78 is 2.75. The van der Waals surface area contributed by atoms with Gasteiger partial charge in [-0.15, -0.1) is 10.2 Å². The monoisotopic (exact) mass is 299 g/mol. The first-order chi connectivity index (χ1) is 9.83. The Labute approximate surface area is 124 Å². The van der Waals surface area contributed by atoms with Crippen LogP contribution in [-0.2, 0) is 6.54 Å². The highest BCUT2D eigenvalue weighted by molar-refractivity contribution is 7.15. The molecule has 0 unspecified atom stereocenters. The van der Waals surface area contributed by atoms with Crippen molar-refractivity contribution in [3.05, 3.63) is 58.0 Å². The minimum atomic E-state index is 0.487. The number of halogens is 1. The van der Waals surface area contributed by atoms with Crippen LogP contribution in [-0.4, -0.2) is 14.8 Å². The first-order valence-electron chi connectivity index (χ1n) is 6.27. The summed E-state index contributed by atoms with van der Waals surface area (Å²) in [5.74, 6) is 0. The van der Waals surface area contributed by atoms with Gasteiger partial charge in [0.05, 0.1) is 6.54 Å². The molecule has 0 atom stereocenters. The molecule has 0 bridgehead atoms. The Bertz CT molecular complexity index is 856. The van der Waals surface area contributed by atoms with E-state index in [1.807, 2.05) is 0 Å². The first-order valence-corrected chi connectivity index (χ1v) is 7.46. The smallest absolute Gasteiger partial charge is 0.207 e. The number of rotatable bonds is 2. The number of fused-ring (bicyclic) bond motifs is 3. The highest BCUT2D eigenvalue weighted by Crippen LogP contribution is 2.30. The molecule has 0 spiro atoms. The molecule has 98 valence electrons. The van der Waals surface area contributed by atoms with E-state index in [9.17, 15) is 0 Å². The zero-order valence-corrected chi connectivity index (χ0v) is 12.0. The van der Waals surface area contributed by atoms with E-state index in [-0.39, 0.29) is 0 Å². The molecular weight excluding hydrogens is 290 g/mol. The summed E-state index contributed by atoms with van der Waals surface area (Å²) in [5.41, 5.74) is 2.42. The van der Waals surface area contributed by atoms with Gasteiger partial charge in [0.15, 0.2) is 0 Å². The van der Waals surface area contributed by atoms with Crippen molar-refractivity contribution in [2.24, 2.45) is 0 Å². The lowest BCUT2D eigenvalue weighted by Gasteiger charge is -2.04. The fraction of sp³-hybridized carbons (Fsp3) is 0.0667. The fourth-order valence-electron chi connectivity index (χ4n) is 2.61. The Hall–Kier alpha value is -1.91. The SMILES string of the molecule is Clc1nnc(Cn2c3ccccc3c3ccccc32)s1. The molecule has 0 saturated carbocycles. The van der Waals surface area contributed by atoms with E-state index < -0.39 is 0 Å². The van der Waals surface area contributed by atoms with Crippen LogP contribution in [0.2, 0.25) is 4.47 Å². The van der Waals surface area contributed by atoms with E-state index in [2.05, 4.69) is 63.3 Å². The summed E-state index contributed by atoms with van der Waals surface area (Å²) in [6, 6.07) is 16.8. The van der Waals surface area contributed by atoms with Gasteiger partial charge in [0, 0.05) is 21.8 Å². The van der Waals surface area contributed by atoms with Crippen LogP contribution in [0.3, 0.4) is 0 Å². The predicted octanol–water partition coefficient (Wildman–Crippen LogP) is 4.35. The van der Waals surface area contributed by atoms with Gasteiger partial charge in [-0.2, -0.15) is 0 Å². The van der Waals surface area contributed by atoms with Crippen LogP contribution in [0, 0.1) is 0 Å². The maximum Gasteiger partial charge on any atom is 0.207 e. The van der Waals surface area contributed by atoms with Crippen LogP contribution >= 0.6 is 22.9 Å². The largest absolute Gasteiger partial charge is 0.333 e. The van der Waals surface area contributed by atoms with Crippen LogP contribution < -0.4 is 0 Å². The molecule has 0 aliphatic carbocycles. The second-order valence-corrected chi connectivity index (χ2v) is 6.21. The third-order valence-corrected chi connectivity index (χ3v) is 4.42. The maximum atomic E-state index is 5.87. The maximum absolute atomic E-state index is 5.87. The second-order valence-electron chi connectivity index (χ2n) is 4.57. The summed E-state index contributed by atoms with van der Waals surface area (Å²) >= 11 is 7.30. The summed E-state index contributed by atoms with van der Waals surface area (Å²) in [6.45, 7) is 0.693. The molecule has 20 heavy (non-hydrogen) atoms. The van der Waals surface area contributed by atoms with Crippen LogP contribution in [0.4, 0.5) is 0 Å². The van der Waals surface area contributed by atoms with Gasteiger partial charge in [-0.3, -0.25) is 0 Å². The van der Waals surface area contributed by atoms with Crippen molar-refractivity contribution in [2.75, 3.05) is 0 Å². The van der Waals surface area contributed by atoms with Crippen LogP contribution in [0.25, 0.3) is 21.8 Å². The Morgan fingerprint density at radius 2 is 1.50 bits per heavy atom. The van der Waals surface area contributed by atoms with Gasteiger partial charge >= 0.3 is 0 Å². The number of hydrogen-bond donors (Lipinski definition) is 0. The molecule has 4 aromatic rings. The normalized spacial score (nSPS) is 11.4. The summed E-state index contributed by atoms with van der Waals surface area (Å²) in [7, 11) is 0. The summed E-state index contributed by atoms with van der Waals surface area (Å²) in [5, 5.41) is 11.4. The lowest BCUT2D eigenvalue weighted by Crippen LogP contribution is -1.98. The zero-order valence-electron chi connectivity index (χ0n) is 10.5. The zero-order chi connectivity index (χ0) is 13.5. The Balaban J connectivity index is 2.00. The lowest BCUT2D eigenvalue weighted by molar-refractivity contribution is 0.835. The molecule has 0 amide bonds. The number of aromatic nitrogens is 3. The van der Waals surface area contributed by atoms with E-state index in [4.69, 9.17) is 11.6 Å². The quantitative estimate of drug-likeness (QED) is 0.551. The van der Waals surface area contributed by atoms with Crippen molar-refractivity contribution in [1.82, 2.24) is 14.8 Å². The standard InChI is InChI=1S/C15H10ClN3S/c16-15-18-17-14(20-15)9-19-12-7-3-1-5-10(12)11-6-2-4-8-13(11)19/h1-8H,9H2. The molecule has 2 aromatic carbocycles. The van der Waals surface area contributed by atoms with Crippen LogP contribution in [0.5, 0.6) is 0 Å². The van der Waals surface area contributed by atoms with E-state index in [1.54, 1.807) is 0 Å². The highest BCUT2D eigenvalue weighted by Gasteiger charge is 2.11. The fourth-order valence-corrected chi connectivity index (χ4v) is 3.46. The van der Waals surface area contributed by atoms with Gasteiger partial charge in [0.25, 0.3) is 0 Å². The molecule has 0 fully saturated rings. The van der Waals surface area contributed by atoms with E-state index in [1.165, 1.54) is 33.1 Å². The van der Waals surface area contributed by atoms with Gasteiger partial charge in [-0.1, -0.05) is 47.7 Å². The predicted molar refractivity (Wildman–Crippen MR) is 83.5 cm³/mol. The number of para-hydroxylation sites is 2. The van der Waals surface area contributed by atoms with Gasteiger partial charge < -0.3 is 4.57 Å². The number of nitrogens with zero attached hydrogens (tertiary/aromatic N) is 3. The van der Waals surface area contributed by atoms with Gasteiger partial charge in [0.2, 0.25) is 4.47 Å². The van der Waals surface area contributed by atoms with Crippen molar-refractivity contribution in [3.63, 3.8) is 0 Å². The number of benzene rings is 2. The molecule has 4 rings (SSSR count). The molecule has 2 aromatic heterocycles. The topological polar surface area (TPSA) is 30.7 Å². The Morgan fingerprint density at radius 3 is 2.05 bits per heavy atom. The summed E-state index contributed by atoms with van der Waals surface area (Å²) in [4.78, 5) is 0. The minimum Gasteiger partial charge on any atom is -0.333 e. The average Bonchev–Trinajstić information content (AvgIpc) is 3.03. The van der Waals surface area contributed by atoms with E-state index in [0.717, 1.165) is 5.01 Å². The lowest BCUT2D eigenvalue weighted by atomic mass is 10.2. The van der Waals surface area contributed by atoms with Crippen molar-refractivity contribution < 1.29 is 0 Å².